The van der Waals surface area contributed by atoms with Crippen molar-refractivity contribution in [2.24, 2.45) is 0 Å². The molecule has 0 aliphatic carbocycles. The molecular formula is C18H19N3O2S. The van der Waals surface area contributed by atoms with Gasteiger partial charge in [-0.2, -0.15) is 0 Å². The van der Waals surface area contributed by atoms with Gasteiger partial charge in [-0.05, 0) is 50.1 Å². The second-order valence-electron chi connectivity index (χ2n) is 5.83. The van der Waals surface area contributed by atoms with Crippen LogP contribution in [0.3, 0.4) is 0 Å². The van der Waals surface area contributed by atoms with Crippen molar-refractivity contribution in [3.05, 3.63) is 65.6 Å². The number of anilines is 1. The SMILES string of the molecule is Cc1ccc(S(=O)(=O)Nc2ccc(-c3cnc(C)[nH]3)cc2)c(C)c1. The zero-order chi connectivity index (χ0) is 17.3. The molecule has 0 bridgehead atoms. The number of hydrogen-bond acceptors (Lipinski definition) is 3. The van der Waals surface area contributed by atoms with E-state index in [1.54, 1.807) is 37.4 Å². The van der Waals surface area contributed by atoms with E-state index in [1.807, 2.05) is 32.0 Å². The van der Waals surface area contributed by atoms with Gasteiger partial charge >= 0.3 is 0 Å². The van der Waals surface area contributed by atoms with Gasteiger partial charge in [-0.15, -0.1) is 0 Å². The lowest BCUT2D eigenvalue weighted by Gasteiger charge is -2.11. The fourth-order valence-corrected chi connectivity index (χ4v) is 3.88. The van der Waals surface area contributed by atoms with Crippen LogP contribution in [-0.2, 0) is 10.0 Å². The molecule has 3 rings (SSSR count). The molecule has 5 nitrogen and oxygen atoms in total. The largest absolute Gasteiger partial charge is 0.342 e. The van der Waals surface area contributed by atoms with E-state index in [1.165, 1.54) is 0 Å². The third kappa shape index (κ3) is 3.33. The van der Waals surface area contributed by atoms with Crippen molar-refractivity contribution in [2.75, 3.05) is 4.72 Å². The summed E-state index contributed by atoms with van der Waals surface area (Å²) in [5, 5.41) is 0. The second-order valence-corrected chi connectivity index (χ2v) is 7.48. The van der Waals surface area contributed by atoms with Gasteiger partial charge in [-0.3, -0.25) is 4.72 Å². The van der Waals surface area contributed by atoms with Crippen molar-refractivity contribution in [1.29, 1.82) is 0 Å². The van der Waals surface area contributed by atoms with E-state index in [0.717, 1.165) is 28.2 Å². The topological polar surface area (TPSA) is 74.8 Å². The van der Waals surface area contributed by atoms with E-state index in [4.69, 9.17) is 0 Å². The maximum Gasteiger partial charge on any atom is 0.262 e. The molecule has 124 valence electrons. The number of imidazole rings is 1. The van der Waals surface area contributed by atoms with Crippen LogP contribution in [0.15, 0.2) is 53.6 Å². The Morgan fingerprint density at radius 1 is 1.00 bits per heavy atom. The summed E-state index contributed by atoms with van der Waals surface area (Å²) < 4.78 is 27.8. The van der Waals surface area contributed by atoms with Crippen LogP contribution in [0, 0.1) is 20.8 Å². The highest BCUT2D eigenvalue weighted by atomic mass is 32.2. The lowest BCUT2D eigenvalue weighted by molar-refractivity contribution is 0.600. The predicted molar refractivity (Wildman–Crippen MR) is 95.5 cm³/mol. The molecule has 0 amide bonds. The van der Waals surface area contributed by atoms with Crippen molar-refractivity contribution in [1.82, 2.24) is 9.97 Å². The Labute approximate surface area is 141 Å². The Hall–Kier alpha value is -2.60. The normalized spacial score (nSPS) is 11.5. The molecule has 0 aliphatic heterocycles. The molecule has 2 N–H and O–H groups in total. The quantitative estimate of drug-likeness (QED) is 0.758. The second kappa shape index (κ2) is 6.13. The standard InChI is InChI=1S/C18H19N3O2S/c1-12-4-9-18(13(2)10-12)24(22,23)21-16-7-5-15(6-8-16)17-11-19-14(3)20-17/h4-11,21H,1-3H3,(H,19,20). The number of benzene rings is 2. The third-order valence-electron chi connectivity index (χ3n) is 3.77. The average molecular weight is 341 g/mol. The summed E-state index contributed by atoms with van der Waals surface area (Å²) in [6, 6.07) is 12.5. The monoisotopic (exact) mass is 341 g/mol. The van der Waals surface area contributed by atoms with E-state index >= 15 is 0 Å². The molecule has 0 saturated carbocycles. The van der Waals surface area contributed by atoms with Gasteiger partial charge in [0.2, 0.25) is 0 Å². The number of nitrogens with zero attached hydrogens (tertiary/aromatic N) is 1. The molecular weight excluding hydrogens is 322 g/mol. The minimum Gasteiger partial charge on any atom is -0.342 e. The van der Waals surface area contributed by atoms with Crippen molar-refractivity contribution < 1.29 is 8.42 Å². The number of aromatic nitrogens is 2. The van der Waals surface area contributed by atoms with Crippen LogP contribution in [0.25, 0.3) is 11.3 Å². The Bertz CT molecular complexity index is 974. The molecule has 0 aliphatic rings. The first kappa shape index (κ1) is 16.3. The van der Waals surface area contributed by atoms with Gasteiger partial charge in [-0.1, -0.05) is 29.8 Å². The fraction of sp³-hybridized carbons (Fsp3) is 0.167. The van der Waals surface area contributed by atoms with E-state index in [2.05, 4.69) is 14.7 Å². The summed E-state index contributed by atoms with van der Waals surface area (Å²) in [6.07, 6.45) is 1.75. The van der Waals surface area contributed by atoms with Gasteiger partial charge in [0.1, 0.15) is 5.82 Å². The summed E-state index contributed by atoms with van der Waals surface area (Å²) >= 11 is 0. The smallest absolute Gasteiger partial charge is 0.262 e. The predicted octanol–water partition coefficient (Wildman–Crippen LogP) is 3.80. The highest BCUT2D eigenvalue weighted by Crippen LogP contribution is 2.23. The number of aromatic amines is 1. The molecule has 3 aromatic rings. The van der Waals surface area contributed by atoms with Crippen LogP contribution in [0.2, 0.25) is 0 Å². The van der Waals surface area contributed by atoms with Crippen LogP contribution in [-0.4, -0.2) is 18.4 Å². The Kier molecular flexibility index (Phi) is 4.15. The molecule has 24 heavy (non-hydrogen) atoms. The maximum absolute atomic E-state index is 12.6. The first-order valence-electron chi connectivity index (χ1n) is 7.57. The Morgan fingerprint density at radius 2 is 1.71 bits per heavy atom. The number of nitrogens with one attached hydrogen (secondary N) is 2. The van der Waals surface area contributed by atoms with Gasteiger partial charge in [-0.25, -0.2) is 13.4 Å². The minimum absolute atomic E-state index is 0.293. The molecule has 0 atom stereocenters. The number of aryl methyl sites for hydroxylation is 3. The van der Waals surface area contributed by atoms with Crippen molar-refractivity contribution >= 4 is 15.7 Å². The van der Waals surface area contributed by atoms with Crippen LogP contribution in [0.4, 0.5) is 5.69 Å². The third-order valence-corrected chi connectivity index (χ3v) is 5.31. The van der Waals surface area contributed by atoms with Gasteiger partial charge in [0, 0.05) is 5.69 Å². The molecule has 0 saturated heterocycles. The number of sulfonamides is 1. The van der Waals surface area contributed by atoms with Crippen molar-refractivity contribution in [3.63, 3.8) is 0 Å². The van der Waals surface area contributed by atoms with Crippen LogP contribution in [0.1, 0.15) is 17.0 Å². The Morgan fingerprint density at radius 3 is 2.29 bits per heavy atom. The van der Waals surface area contributed by atoms with Crippen molar-refractivity contribution in [2.45, 2.75) is 25.7 Å². The van der Waals surface area contributed by atoms with E-state index in [9.17, 15) is 8.42 Å². The molecule has 1 heterocycles. The highest BCUT2D eigenvalue weighted by molar-refractivity contribution is 7.92. The lowest BCUT2D eigenvalue weighted by Crippen LogP contribution is -2.14. The summed E-state index contributed by atoms with van der Waals surface area (Å²) in [6.45, 7) is 5.62. The first-order valence-corrected chi connectivity index (χ1v) is 9.05. The fourth-order valence-electron chi connectivity index (χ4n) is 2.60. The zero-order valence-corrected chi connectivity index (χ0v) is 14.6. The highest BCUT2D eigenvalue weighted by Gasteiger charge is 2.16. The number of H-pyrrole nitrogens is 1. The Balaban J connectivity index is 1.85. The van der Waals surface area contributed by atoms with E-state index in [0.29, 0.717) is 10.6 Å². The number of hydrogen-bond donors (Lipinski definition) is 2. The van der Waals surface area contributed by atoms with E-state index < -0.39 is 10.0 Å². The molecule has 1 aromatic heterocycles. The van der Waals surface area contributed by atoms with Gasteiger partial charge < -0.3 is 4.98 Å². The minimum atomic E-state index is -3.60. The summed E-state index contributed by atoms with van der Waals surface area (Å²) in [5.41, 5.74) is 4.13. The van der Waals surface area contributed by atoms with Crippen LogP contribution in [0.5, 0.6) is 0 Å². The summed E-state index contributed by atoms with van der Waals surface area (Å²) in [5.74, 6) is 0.838. The zero-order valence-electron chi connectivity index (χ0n) is 13.8. The molecule has 6 heteroatoms. The van der Waals surface area contributed by atoms with Crippen molar-refractivity contribution in [3.8, 4) is 11.3 Å². The van der Waals surface area contributed by atoms with Crippen LogP contribution >= 0.6 is 0 Å². The average Bonchev–Trinajstić information content (AvgIpc) is 2.93. The molecule has 0 fully saturated rings. The van der Waals surface area contributed by atoms with E-state index in [-0.39, 0.29) is 0 Å². The van der Waals surface area contributed by atoms with Gasteiger partial charge in [0.25, 0.3) is 10.0 Å². The maximum atomic E-state index is 12.6. The first-order chi connectivity index (χ1) is 11.3. The number of rotatable bonds is 4. The lowest BCUT2D eigenvalue weighted by atomic mass is 10.1. The molecule has 0 radical (unpaired) electrons. The molecule has 0 unspecified atom stereocenters. The molecule has 2 aromatic carbocycles. The summed E-state index contributed by atoms with van der Waals surface area (Å²) in [7, 11) is -3.60. The van der Waals surface area contributed by atoms with Crippen LogP contribution < -0.4 is 4.72 Å². The van der Waals surface area contributed by atoms with Gasteiger partial charge in [0.05, 0.1) is 16.8 Å². The van der Waals surface area contributed by atoms with Gasteiger partial charge in [0.15, 0.2) is 0 Å². The molecule has 0 spiro atoms. The summed E-state index contributed by atoms with van der Waals surface area (Å²) in [4.78, 5) is 7.61.